The van der Waals surface area contributed by atoms with E-state index in [0.717, 1.165) is 17.9 Å². The van der Waals surface area contributed by atoms with Crippen LogP contribution in [0.2, 0.25) is 0 Å². The zero-order chi connectivity index (χ0) is 12.0. The van der Waals surface area contributed by atoms with Crippen LogP contribution in [0.5, 0.6) is 0 Å². The first-order chi connectivity index (χ1) is 7.70. The molecule has 3 nitrogen and oxygen atoms in total. The maximum absolute atomic E-state index is 8.40. The van der Waals surface area contributed by atoms with E-state index in [1.165, 1.54) is 17.2 Å². The zero-order valence-corrected chi connectivity index (χ0v) is 9.96. The molecule has 0 heterocycles. The van der Waals surface area contributed by atoms with Crippen LogP contribution in [0, 0.1) is 25.2 Å². The lowest BCUT2D eigenvalue weighted by Gasteiger charge is -2.13. The van der Waals surface area contributed by atoms with Gasteiger partial charge in [-0.1, -0.05) is 0 Å². The molecule has 1 rings (SSSR count). The van der Waals surface area contributed by atoms with Crippen molar-refractivity contribution in [1.29, 1.82) is 5.26 Å². The molecule has 1 aromatic rings. The zero-order valence-electron chi connectivity index (χ0n) is 9.96. The minimum Gasteiger partial charge on any atom is -0.385 e. The highest BCUT2D eigenvalue weighted by atomic mass is 14.9. The van der Waals surface area contributed by atoms with E-state index in [1.807, 2.05) is 18.2 Å². The summed E-state index contributed by atoms with van der Waals surface area (Å²) in [6.07, 6.45) is 3.07. The lowest BCUT2D eigenvalue weighted by atomic mass is 10.1. The molecule has 84 valence electrons. The van der Waals surface area contributed by atoms with E-state index in [1.54, 1.807) is 6.20 Å². The second-order valence-electron chi connectivity index (χ2n) is 3.55. The van der Waals surface area contributed by atoms with Crippen molar-refractivity contribution in [3.05, 3.63) is 35.5 Å². The lowest BCUT2D eigenvalue weighted by Crippen LogP contribution is -2.01. The van der Waals surface area contributed by atoms with E-state index in [9.17, 15) is 0 Å². The number of hydrogen-bond acceptors (Lipinski definition) is 3. The monoisotopic (exact) mass is 215 g/mol. The average Bonchev–Trinajstić information content (AvgIpc) is 2.28. The van der Waals surface area contributed by atoms with Crippen molar-refractivity contribution in [2.45, 2.75) is 20.8 Å². The number of nitrogens with one attached hydrogen (secondary N) is 2. The summed E-state index contributed by atoms with van der Waals surface area (Å²) in [4.78, 5) is 0. The molecule has 0 spiro atoms. The second-order valence-corrected chi connectivity index (χ2v) is 3.55. The van der Waals surface area contributed by atoms with Gasteiger partial charge in [0.1, 0.15) is 0 Å². The fourth-order valence-electron chi connectivity index (χ4n) is 1.53. The Bertz CT molecular complexity index is 428. The maximum atomic E-state index is 8.40. The molecule has 0 amide bonds. The summed E-state index contributed by atoms with van der Waals surface area (Å²) in [6.45, 7) is 7.16. The first-order valence-corrected chi connectivity index (χ1v) is 5.36. The summed E-state index contributed by atoms with van der Waals surface area (Å²) in [5.74, 6) is 0. The molecule has 0 bridgehead atoms. The third kappa shape index (κ3) is 2.77. The Labute approximate surface area is 96.8 Å². The molecule has 0 atom stereocenters. The van der Waals surface area contributed by atoms with E-state index in [2.05, 4.69) is 31.4 Å². The van der Waals surface area contributed by atoms with E-state index < -0.39 is 0 Å². The molecule has 0 saturated heterocycles. The molecule has 2 N–H and O–H groups in total. The van der Waals surface area contributed by atoms with Crippen molar-refractivity contribution in [2.75, 3.05) is 17.2 Å². The lowest BCUT2D eigenvalue weighted by molar-refractivity contribution is 1.19. The number of allylic oxidation sites excluding steroid dienone is 1. The number of nitrogens with zero attached hydrogens (tertiary/aromatic N) is 1. The van der Waals surface area contributed by atoms with Gasteiger partial charge in [-0.25, -0.2) is 0 Å². The summed E-state index contributed by atoms with van der Waals surface area (Å²) in [5.41, 5.74) is 4.62. The van der Waals surface area contributed by atoms with Gasteiger partial charge in [0.2, 0.25) is 0 Å². The van der Waals surface area contributed by atoms with E-state index in [0.29, 0.717) is 0 Å². The molecule has 0 aromatic heterocycles. The Hall–Kier alpha value is -1.95. The van der Waals surface area contributed by atoms with Gasteiger partial charge in [0.25, 0.3) is 0 Å². The third-order valence-electron chi connectivity index (χ3n) is 2.55. The van der Waals surface area contributed by atoms with Crippen LogP contribution in [0.15, 0.2) is 24.4 Å². The molecule has 0 fully saturated rings. The summed E-state index contributed by atoms with van der Waals surface area (Å²) in [5, 5.41) is 14.8. The summed E-state index contributed by atoms with van der Waals surface area (Å²) < 4.78 is 0. The quantitative estimate of drug-likeness (QED) is 0.758. The van der Waals surface area contributed by atoms with Crippen molar-refractivity contribution in [1.82, 2.24) is 0 Å². The highest BCUT2D eigenvalue weighted by molar-refractivity contribution is 5.65. The normalized spacial score (nSPS) is 10.1. The predicted molar refractivity (Wildman–Crippen MR) is 68.5 cm³/mol. The minimum atomic E-state index is 0.918. The Kier molecular flexibility index (Phi) is 4.41. The Morgan fingerprint density at radius 1 is 1.25 bits per heavy atom. The van der Waals surface area contributed by atoms with Crippen LogP contribution in [0.1, 0.15) is 18.1 Å². The smallest absolute Gasteiger partial charge is 0.0927 e. The molecule has 1 aromatic carbocycles. The summed E-state index contributed by atoms with van der Waals surface area (Å²) in [6, 6.07) is 6.01. The van der Waals surface area contributed by atoms with Gasteiger partial charge in [-0.15, -0.1) is 0 Å². The SMILES string of the molecule is CCNc1ccc(N/C=C\C#N)c(C)c1C. The van der Waals surface area contributed by atoms with Crippen LogP contribution in [0.25, 0.3) is 0 Å². The van der Waals surface area contributed by atoms with Crippen molar-refractivity contribution < 1.29 is 0 Å². The Morgan fingerprint density at radius 3 is 2.50 bits per heavy atom. The van der Waals surface area contributed by atoms with Crippen molar-refractivity contribution in [3.63, 3.8) is 0 Å². The van der Waals surface area contributed by atoms with Gasteiger partial charge < -0.3 is 10.6 Å². The highest BCUT2D eigenvalue weighted by Gasteiger charge is 2.04. The predicted octanol–water partition coefficient (Wildman–Crippen LogP) is 3.18. The minimum absolute atomic E-state index is 0.918. The van der Waals surface area contributed by atoms with Crippen LogP contribution < -0.4 is 10.6 Å². The second kappa shape index (κ2) is 5.82. The van der Waals surface area contributed by atoms with Gasteiger partial charge in [0, 0.05) is 30.2 Å². The molecule has 0 saturated carbocycles. The van der Waals surface area contributed by atoms with Gasteiger partial charge in [-0.3, -0.25) is 0 Å². The first kappa shape index (κ1) is 12.1. The molecular weight excluding hydrogens is 198 g/mol. The van der Waals surface area contributed by atoms with Gasteiger partial charge in [-0.2, -0.15) is 5.26 Å². The van der Waals surface area contributed by atoms with Crippen LogP contribution in [-0.2, 0) is 0 Å². The van der Waals surface area contributed by atoms with Crippen LogP contribution in [0.3, 0.4) is 0 Å². The number of hydrogen-bond donors (Lipinski definition) is 2. The molecule has 3 heteroatoms. The molecule has 16 heavy (non-hydrogen) atoms. The van der Waals surface area contributed by atoms with Crippen molar-refractivity contribution in [3.8, 4) is 6.07 Å². The summed E-state index contributed by atoms with van der Waals surface area (Å²) >= 11 is 0. The van der Waals surface area contributed by atoms with Crippen LogP contribution in [0.4, 0.5) is 11.4 Å². The average molecular weight is 215 g/mol. The Balaban J connectivity index is 2.94. The maximum Gasteiger partial charge on any atom is 0.0927 e. The van der Waals surface area contributed by atoms with Gasteiger partial charge in [0.15, 0.2) is 0 Å². The number of rotatable bonds is 4. The van der Waals surface area contributed by atoms with Gasteiger partial charge in [0.05, 0.1) is 6.07 Å². The van der Waals surface area contributed by atoms with E-state index in [-0.39, 0.29) is 0 Å². The third-order valence-corrected chi connectivity index (χ3v) is 2.55. The highest BCUT2D eigenvalue weighted by Crippen LogP contribution is 2.25. The molecule has 0 unspecified atom stereocenters. The van der Waals surface area contributed by atoms with E-state index in [4.69, 9.17) is 5.26 Å². The molecule has 0 aliphatic heterocycles. The standard InChI is InChI=1S/C13H17N3/c1-4-15-12-6-7-13(11(3)10(12)2)16-9-5-8-14/h5-7,9,15-16H,4H2,1-3H3/b9-5-. The van der Waals surface area contributed by atoms with Crippen LogP contribution >= 0.6 is 0 Å². The Morgan fingerprint density at radius 2 is 1.88 bits per heavy atom. The number of benzene rings is 1. The van der Waals surface area contributed by atoms with Crippen LogP contribution in [-0.4, -0.2) is 6.54 Å². The van der Waals surface area contributed by atoms with Crippen molar-refractivity contribution >= 4 is 11.4 Å². The largest absolute Gasteiger partial charge is 0.385 e. The molecule has 0 aliphatic rings. The van der Waals surface area contributed by atoms with Gasteiger partial charge in [-0.05, 0) is 44.0 Å². The van der Waals surface area contributed by atoms with E-state index >= 15 is 0 Å². The summed E-state index contributed by atoms with van der Waals surface area (Å²) in [7, 11) is 0. The fraction of sp³-hybridized carbons (Fsp3) is 0.308. The van der Waals surface area contributed by atoms with Gasteiger partial charge >= 0.3 is 0 Å². The topological polar surface area (TPSA) is 47.8 Å². The first-order valence-electron chi connectivity index (χ1n) is 5.36. The number of anilines is 2. The number of nitriles is 1. The fourth-order valence-corrected chi connectivity index (χ4v) is 1.53. The molecule has 0 radical (unpaired) electrons. The van der Waals surface area contributed by atoms with Crippen molar-refractivity contribution in [2.24, 2.45) is 0 Å². The molecular formula is C13H17N3. The molecule has 0 aliphatic carbocycles.